The van der Waals surface area contributed by atoms with Gasteiger partial charge in [-0.2, -0.15) is 0 Å². The van der Waals surface area contributed by atoms with Gasteiger partial charge in [0.2, 0.25) is 5.09 Å². The van der Waals surface area contributed by atoms with E-state index in [1.807, 2.05) is 6.07 Å². The molecule has 1 amide bonds. The Kier molecular flexibility index (Phi) is 4.90. The van der Waals surface area contributed by atoms with Crippen LogP contribution >= 0.6 is 11.6 Å². The van der Waals surface area contributed by atoms with Gasteiger partial charge < -0.3 is 9.73 Å². The van der Waals surface area contributed by atoms with E-state index in [4.69, 9.17) is 16.0 Å². The summed E-state index contributed by atoms with van der Waals surface area (Å²) in [5.74, 6) is -0.613. The van der Waals surface area contributed by atoms with E-state index in [0.717, 1.165) is 5.56 Å². The van der Waals surface area contributed by atoms with Crippen molar-refractivity contribution >= 4 is 27.5 Å². The lowest BCUT2D eigenvalue weighted by Gasteiger charge is -2.14. The zero-order chi connectivity index (χ0) is 16.3. The van der Waals surface area contributed by atoms with Crippen LogP contribution in [-0.4, -0.2) is 21.4 Å². The predicted molar refractivity (Wildman–Crippen MR) is 82.3 cm³/mol. The lowest BCUT2D eigenvalue weighted by Crippen LogP contribution is -2.26. The van der Waals surface area contributed by atoms with Crippen LogP contribution in [0.4, 0.5) is 0 Å². The van der Waals surface area contributed by atoms with E-state index in [2.05, 4.69) is 10.0 Å². The van der Waals surface area contributed by atoms with Crippen molar-refractivity contribution in [1.82, 2.24) is 10.0 Å². The Bertz CT molecular complexity index is 786. The second-order valence-corrected chi connectivity index (χ2v) is 6.77. The lowest BCUT2D eigenvalue weighted by molar-refractivity contribution is 0.0906. The molecule has 1 atom stereocenters. The highest BCUT2D eigenvalue weighted by molar-refractivity contribution is 7.89. The maximum atomic E-state index is 12.1. The smallest absolute Gasteiger partial charge is 0.287 e. The highest BCUT2D eigenvalue weighted by atomic mass is 35.5. The molecule has 0 radical (unpaired) electrons. The highest BCUT2D eigenvalue weighted by Gasteiger charge is 2.21. The molecule has 0 unspecified atom stereocenters. The van der Waals surface area contributed by atoms with Crippen LogP contribution in [0.15, 0.2) is 45.9 Å². The standard InChI is InChI=1S/C14H15ClN2O4S/c1-9(10-5-3-4-6-11(10)15)17-14(18)12-7-8-13(21-12)22(19,20)16-2/h3-9,16H,1-2H3,(H,17,18)/t9-/m1/s1. The minimum absolute atomic E-state index is 0.0901. The van der Waals surface area contributed by atoms with Gasteiger partial charge in [0.15, 0.2) is 5.76 Å². The predicted octanol–water partition coefficient (Wildman–Crippen LogP) is 2.33. The number of hydrogen-bond donors (Lipinski definition) is 2. The molecule has 118 valence electrons. The molecular weight excluding hydrogens is 328 g/mol. The largest absolute Gasteiger partial charge is 0.438 e. The molecule has 1 heterocycles. The summed E-state index contributed by atoms with van der Waals surface area (Å²) in [7, 11) is -2.46. The van der Waals surface area contributed by atoms with Gasteiger partial charge in [-0.05, 0) is 37.7 Å². The molecule has 8 heteroatoms. The van der Waals surface area contributed by atoms with Gasteiger partial charge in [-0.3, -0.25) is 4.79 Å². The first-order valence-corrected chi connectivity index (χ1v) is 8.30. The monoisotopic (exact) mass is 342 g/mol. The number of amides is 1. The third kappa shape index (κ3) is 3.49. The molecule has 0 aliphatic rings. The van der Waals surface area contributed by atoms with Crippen molar-refractivity contribution in [3.05, 3.63) is 52.7 Å². The normalized spacial score (nSPS) is 12.9. The van der Waals surface area contributed by atoms with Gasteiger partial charge in [0.05, 0.1) is 6.04 Å². The Morgan fingerprint density at radius 3 is 2.55 bits per heavy atom. The number of nitrogens with one attached hydrogen (secondary N) is 2. The summed E-state index contributed by atoms with van der Waals surface area (Å²) >= 11 is 6.07. The first kappa shape index (κ1) is 16.5. The van der Waals surface area contributed by atoms with Crippen LogP contribution in [0, 0.1) is 0 Å². The topological polar surface area (TPSA) is 88.4 Å². The second-order valence-electron chi connectivity index (χ2n) is 4.54. The summed E-state index contributed by atoms with van der Waals surface area (Å²) in [6.45, 7) is 1.77. The quantitative estimate of drug-likeness (QED) is 0.872. The van der Waals surface area contributed by atoms with Crippen LogP contribution < -0.4 is 10.0 Å². The van der Waals surface area contributed by atoms with Gasteiger partial charge in [-0.1, -0.05) is 29.8 Å². The van der Waals surface area contributed by atoms with Gasteiger partial charge in [0, 0.05) is 5.02 Å². The average Bonchev–Trinajstić information content (AvgIpc) is 2.98. The summed E-state index contributed by atoms with van der Waals surface area (Å²) < 4.78 is 30.3. The van der Waals surface area contributed by atoms with Crippen LogP contribution in [0.1, 0.15) is 29.1 Å². The van der Waals surface area contributed by atoms with Crippen molar-refractivity contribution in [3.8, 4) is 0 Å². The second kappa shape index (κ2) is 6.51. The number of halogens is 1. The van der Waals surface area contributed by atoms with Crippen LogP contribution in [0.25, 0.3) is 0 Å². The molecule has 22 heavy (non-hydrogen) atoms. The molecule has 2 rings (SSSR count). The summed E-state index contributed by atoms with van der Waals surface area (Å²) in [4.78, 5) is 12.1. The fraction of sp³-hybridized carbons (Fsp3) is 0.214. The number of hydrogen-bond acceptors (Lipinski definition) is 4. The molecule has 0 aliphatic heterocycles. The zero-order valence-electron chi connectivity index (χ0n) is 12.0. The summed E-state index contributed by atoms with van der Waals surface area (Å²) in [5, 5.41) is 2.92. The van der Waals surface area contributed by atoms with E-state index < -0.39 is 15.9 Å². The number of carbonyl (C=O) groups is 1. The average molecular weight is 343 g/mol. The maximum Gasteiger partial charge on any atom is 0.287 e. The van der Waals surface area contributed by atoms with E-state index in [1.165, 1.54) is 19.2 Å². The van der Waals surface area contributed by atoms with Crippen molar-refractivity contribution < 1.29 is 17.6 Å². The first-order chi connectivity index (χ1) is 10.3. The highest BCUT2D eigenvalue weighted by Crippen LogP contribution is 2.23. The number of furan rings is 1. The van der Waals surface area contributed by atoms with E-state index in [9.17, 15) is 13.2 Å². The third-order valence-electron chi connectivity index (χ3n) is 3.06. The summed E-state index contributed by atoms with van der Waals surface area (Å²) in [6, 6.07) is 9.31. The van der Waals surface area contributed by atoms with E-state index in [1.54, 1.807) is 25.1 Å². The number of carbonyl (C=O) groups excluding carboxylic acids is 1. The number of rotatable bonds is 5. The maximum absolute atomic E-state index is 12.1. The third-order valence-corrected chi connectivity index (χ3v) is 4.69. The summed E-state index contributed by atoms with van der Waals surface area (Å²) in [6.07, 6.45) is 0. The van der Waals surface area contributed by atoms with Crippen molar-refractivity contribution in [1.29, 1.82) is 0 Å². The molecule has 0 aliphatic carbocycles. The fourth-order valence-corrected chi connectivity index (χ4v) is 2.81. The van der Waals surface area contributed by atoms with Gasteiger partial charge in [0.1, 0.15) is 0 Å². The lowest BCUT2D eigenvalue weighted by atomic mass is 10.1. The van der Waals surface area contributed by atoms with E-state index in [-0.39, 0.29) is 16.9 Å². The molecule has 1 aromatic heterocycles. The molecule has 0 saturated carbocycles. The van der Waals surface area contributed by atoms with Crippen molar-refractivity contribution in [2.24, 2.45) is 0 Å². The molecular formula is C14H15ClN2O4S. The van der Waals surface area contributed by atoms with Crippen LogP contribution in [0.5, 0.6) is 0 Å². The Morgan fingerprint density at radius 1 is 1.23 bits per heavy atom. The molecule has 6 nitrogen and oxygen atoms in total. The van der Waals surface area contributed by atoms with Crippen molar-refractivity contribution in [2.45, 2.75) is 18.1 Å². The Labute approximate surface area is 133 Å². The summed E-state index contributed by atoms with van der Waals surface area (Å²) in [5.41, 5.74) is 0.757. The van der Waals surface area contributed by atoms with Gasteiger partial charge in [0.25, 0.3) is 15.9 Å². The first-order valence-electron chi connectivity index (χ1n) is 6.44. The number of sulfonamides is 1. The Hall–Kier alpha value is -1.83. The van der Waals surface area contributed by atoms with Gasteiger partial charge in [-0.25, -0.2) is 13.1 Å². The van der Waals surface area contributed by atoms with Crippen LogP contribution in [-0.2, 0) is 10.0 Å². The molecule has 2 N–H and O–H groups in total. The van der Waals surface area contributed by atoms with Crippen LogP contribution in [0.2, 0.25) is 5.02 Å². The minimum atomic E-state index is -3.72. The fourth-order valence-electron chi connectivity index (χ4n) is 1.86. The Morgan fingerprint density at radius 2 is 1.91 bits per heavy atom. The van der Waals surface area contributed by atoms with Crippen molar-refractivity contribution in [2.75, 3.05) is 7.05 Å². The SMILES string of the molecule is CNS(=O)(=O)c1ccc(C(=O)N[C@H](C)c2ccccc2Cl)o1. The minimum Gasteiger partial charge on any atom is -0.438 e. The molecule has 2 aromatic rings. The van der Waals surface area contributed by atoms with Gasteiger partial charge >= 0.3 is 0 Å². The number of benzene rings is 1. The van der Waals surface area contributed by atoms with Crippen LogP contribution in [0.3, 0.4) is 0 Å². The van der Waals surface area contributed by atoms with E-state index in [0.29, 0.717) is 5.02 Å². The molecule has 1 aromatic carbocycles. The molecule has 0 spiro atoms. The van der Waals surface area contributed by atoms with Crippen molar-refractivity contribution in [3.63, 3.8) is 0 Å². The molecule has 0 saturated heterocycles. The Balaban J connectivity index is 2.15. The van der Waals surface area contributed by atoms with E-state index >= 15 is 0 Å². The molecule has 0 bridgehead atoms. The van der Waals surface area contributed by atoms with Gasteiger partial charge in [-0.15, -0.1) is 0 Å². The molecule has 0 fully saturated rings. The zero-order valence-corrected chi connectivity index (χ0v) is 13.5.